The number of ketones is 1. The molecule has 1 aliphatic carbocycles. The van der Waals surface area contributed by atoms with E-state index >= 15 is 0 Å². The Balaban J connectivity index is 2.06. The second kappa shape index (κ2) is 5.39. The van der Waals surface area contributed by atoms with Gasteiger partial charge < -0.3 is 14.7 Å². The number of aliphatic hydroxyl groups is 1. The first-order valence-corrected chi connectivity index (χ1v) is 7.78. The number of likely N-dealkylation sites (N-methyl/N-ethyl adjacent to an activating group) is 1. The van der Waals surface area contributed by atoms with Gasteiger partial charge in [-0.05, 0) is 47.6 Å². The maximum Gasteiger partial charge on any atom is 0.171 e. The smallest absolute Gasteiger partial charge is 0.171 e. The molecule has 0 amide bonds. The van der Waals surface area contributed by atoms with Crippen molar-refractivity contribution in [3.8, 4) is 0 Å². The average Bonchev–Trinajstić information content (AvgIpc) is 2.48. The fourth-order valence-corrected chi connectivity index (χ4v) is 3.85. The summed E-state index contributed by atoms with van der Waals surface area (Å²) < 4.78 is 5.94. The minimum Gasteiger partial charge on any atom is -0.391 e. The summed E-state index contributed by atoms with van der Waals surface area (Å²) in [6, 6.07) is 0.177. The molecule has 1 saturated carbocycles. The molecule has 1 N–H and O–H groups in total. The lowest BCUT2D eigenvalue weighted by molar-refractivity contribution is -0.132. The van der Waals surface area contributed by atoms with Gasteiger partial charge in [0.25, 0.3) is 0 Å². The van der Waals surface area contributed by atoms with Crippen LogP contribution in [-0.4, -0.2) is 52.7 Å². The number of hydrogen-bond acceptors (Lipinski definition) is 4. The number of nitrogens with zero attached hydrogens (tertiary/aromatic N) is 1. The number of aliphatic hydroxyl groups excluding tert-OH is 1. The molecule has 0 radical (unpaired) electrons. The van der Waals surface area contributed by atoms with E-state index in [1.54, 1.807) is 0 Å². The lowest BCUT2D eigenvalue weighted by Gasteiger charge is -2.38. The van der Waals surface area contributed by atoms with Gasteiger partial charge in [0.1, 0.15) is 5.60 Å². The fraction of sp³-hybridized carbons (Fsp3) is 0.938. The SMILES string of the molecule is CN(CC1C(=O)C(C)(C)OC1(C)C)C1CCCCC1O. The van der Waals surface area contributed by atoms with E-state index < -0.39 is 11.2 Å². The molecule has 0 aromatic heterocycles. The lowest BCUT2D eigenvalue weighted by atomic mass is 9.84. The number of Topliss-reactive ketones (excluding diaryl/α,β-unsaturated/α-hetero) is 1. The average molecular weight is 283 g/mol. The number of rotatable bonds is 3. The Labute approximate surface area is 122 Å². The van der Waals surface area contributed by atoms with Crippen LogP contribution < -0.4 is 0 Å². The van der Waals surface area contributed by atoms with Crippen LogP contribution in [0.15, 0.2) is 0 Å². The summed E-state index contributed by atoms with van der Waals surface area (Å²) in [5, 5.41) is 10.2. The highest BCUT2D eigenvalue weighted by Gasteiger charge is 2.53. The van der Waals surface area contributed by atoms with Gasteiger partial charge in [0.15, 0.2) is 5.78 Å². The molecule has 0 bridgehead atoms. The maximum atomic E-state index is 12.5. The number of hydrogen-bond donors (Lipinski definition) is 1. The van der Waals surface area contributed by atoms with Crippen molar-refractivity contribution in [3.63, 3.8) is 0 Å². The second-order valence-electron chi connectivity index (χ2n) is 7.49. The summed E-state index contributed by atoms with van der Waals surface area (Å²) in [7, 11) is 2.02. The molecule has 3 unspecified atom stereocenters. The van der Waals surface area contributed by atoms with E-state index in [2.05, 4.69) is 4.90 Å². The molecule has 3 atom stereocenters. The van der Waals surface area contributed by atoms with Gasteiger partial charge in [0.05, 0.1) is 17.6 Å². The topological polar surface area (TPSA) is 49.8 Å². The summed E-state index contributed by atoms with van der Waals surface area (Å²) in [6.07, 6.45) is 3.90. The maximum absolute atomic E-state index is 12.5. The number of ether oxygens (including phenoxy) is 1. The molecule has 0 spiro atoms. The third-order valence-corrected chi connectivity index (χ3v) is 5.00. The molecule has 4 nitrogen and oxygen atoms in total. The van der Waals surface area contributed by atoms with Gasteiger partial charge in [-0.1, -0.05) is 12.8 Å². The molecule has 0 aromatic carbocycles. The standard InChI is InChI=1S/C16H29NO3/c1-15(2)11(14(19)16(3,4)20-15)10-17(5)12-8-6-7-9-13(12)18/h11-13,18H,6-10H2,1-5H3. The summed E-state index contributed by atoms with van der Waals surface area (Å²) in [5.41, 5.74) is -1.13. The van der Waals surface area contributed by atoms with Crippen molar-refractivity contribution in [2.45, 2.75) is 76.7 Å². The van der Waals surface area contributed by atoms with E-state index in [0.29, 0.717) is 6.54 Å². The van der Waals surface area contributed by atoms with Gasteiger partial charge in [-0.2, -0.15) is 0 Å². The fourth-order valence-electron chi connectivity index (χ4n) is 3.85. The second-order valence-corrected chi connectivity index (χ2v) is 7.49. The monoisotopic (exact) mass is 283 g/mol. The third kappa shape index (κ3) is 2.92. The van der Waals surface area contributed by atoms with Crippen molar-refractivity contribution < 1.29 is 14.6 Å². The first-order valence-electron chi connectivity index (χ1n) is 7.78. The molecule has 116 valence electrons. The summed E-state index contributed by atoms with van der Waals surface area (Å²) in [5.74, 6) is 0.0521. The molecule has 1 aliphatic heterocycles. The Hall–Kier alpha value is -0.450. The molecule has 2 fully saturated rings. The van der Waals surface area contributed by atoms with Gasteiger partial charge in [-0.15, -0.1) is 0 Å². The predicted molar refractivity (Wildman–Crippen MR) is 78.6 cm³/mol. The van der Waals surface area contributed by atoms with Gasteiger partial charge in [-0.25, -0.2) is 0 Å². The highest BCUT2D eigenvalue weighted by molar-refractivity contribution is 5.91. The molecule has 0 aromatic rings. The van der Waals surface area contributed by atoms with E-state index in [4.69, 9.17) is 4.74 Å². The molecule has 2 rings (SSSR count). The van der Waals surface area contributed by atoms with Crippen LogP contribution in [0.25, 0.3) is 0 Å². The van der Waals surface area contributed by atoms with Crippen molar-refractivity contribution in [3.05, 3.63) is 0 Å². The van der Waals surface area contributed by atoms with Crippen LogP contribution in [0.4, 0.5) is 0 Å². The van der Waals surface area contributed by atoms with Crippen LogP contribution in [0.5, 0.6) is 0 Å². The van der Waals surface area contributed by atoms with E-state index in [9.17, 15) is 9.90 Å². The zero-order chi connectivity index (χ0) is 15.1. The summed E-state index contributed by atoms with van der Waals surface area (Å²) in [4.78, 5) is 14.7. The minimum atomic E-state index is -0.694. The zero-order valence-corrected chi connectivity index (χ0v) is 13.5. The van der Waals surface area contributed by atoms with Crippen LogP contribution in [0.3, 0.4) is 0 Å². The largest absolute Gasteiger partial charge is 0.391 e. The Bertz CT molecular complexity index is 378. The molecule has 2 aliphatic rings. The minimum absolute atomic E-state index is 0.128. The number of carbonyl (C=O) groups is 1. The van der Waals surface area contributed by atoms with Crippen molar-refractivity contribution in [2.24, 2.45) is 5.92 Å². The normalized spacial score (nSPS) is 36.5. The van der Waals surface area contributed by atoms with Crippen LogP contribution in [0.2, 0.25) is 0 Å². The highest BCUT2D eigenvalue weighted by atomic mass is 16.5. The van der Waals surface area contributed by atoms with E-state index in [1.165, 1.54) is 0 Å². The quantitative estimate of drug-likeness (QED) is 0.860. The Morgan fingerprint density at radius 1 is 1.25 bits per heavy atom. The van der Waals surface area contributed by atoms with E-state index in [0.717, 1.165) is 25.7 Å². The molecule has 1 heterocycles. The Kier molecular flexibility index (Phi) is 4.30. The molecular weight excluding hydrogens is 254 g/mol. The highest BCUT2D eigenvalue weighted by Crippen LogP contribution is 2.40. The Morgan fingerprint density at radius 2 is 1.85 bits per heavy atom. The lowest BCUT2D eigenvalue weighted by Crippen LogP contribution is -2.48. The molecule has 20 heavy (non-hydrogen) atoms. The van der Waals surface area contributed by atoms with Crippen LogP contribution in [0.1, 0.15) is 53.4 Å². The van der Waals surface area contributed by atoms with E-state index in [1.807, 2.05) is 34.7 Å². The van der Waals surface area contributed by atoms with Gasteiger partial charge in [0, 0.05) is 12.6 Å². The molecule has 1 saturated heterocycles. The van der Waals surface area contributed by atoms with Crippen molar-refractivity contribution in [1.29, 1.82) is 0 Å². The third-order valence-electron chi connectivity index (χ3n) is 5.00. The zero-order valence-electron chi connectivity index (χ0n) is 13.5. The van der Waals surface area contributed by atoms with Crippen LogP contribution in [-0.2, 0) is 9.53 Å². The Morgan fingerprint density at radius 3 is 2.35 bits per heavy atom. The van der Waals surface area contributed by atoms with Gasteiger partial charge >= 0.3 is 0 Å². The molecule has 4 heteroatoms. The van der Waals surface area contributed by atoms with Crippen molar-refractivity contribution in [2.75, 3.05) is 13.6 Å². The van der Waals surface area contributed by atoms with Gasteiger partial charge in [0.2, 0.25) is 0 Å². The molecular formula is C16H29NO3. The predicted octanol–water partition coefficient (Wildman–Crippen LogP) is 1.99. The summed E-state index contributed by atoms with van der Waals surface area (Å²) in [6.45, 7) is 8.36. The van der Waals surface area contributed by atoms with Crippen molar-refractivity contribution >= 4 is 5.78 Å². The van der Waals surface area contributed by atoms with E-state index in [-0.39, 0.29) is 23.8 Å². The van der Waals surface area contributed by atoms with Gasteiger partial charge in [-0.3, -0.25) is 4.79 Å². The first-order chi connectivity index (χ1) is 9.15. The van der Waals surface area contributed by atoms with Crippen LogP contribution in [0, 0.1) is 5.92 Å². The van der Waals surface area contributed by atoms with Crippen LogP contribution >= 0.6 is 0 Å². The first kappa shape index (κ1) is 15.9. The summed E-state index contributed by atoms with van der Waals surface area (Å²) >= 11 is 0. The number of carbonyl (C=O) groups excluding carboxylic acids is 1. The van der Waals surface area contributed by atoms with Crippen molar-refractivity contribution in [1.82, 2.24) is 4.90 Å².